The number of carbonyl (C=O) groups excluding carboxylic acids is 2. The summed E-state index contributed by atoms with van der Waals surface area (Å²) in [5.74, 6) is -0.803. The second-order valence-corrected chi connectivity index (χ2v) is 16.3. The summed E-state index contributed by atoms with van der Waals surface area (Å²) in [6, 6.07) is 11.7. The average molecular weight is 435 g/mol. The number of phenols is 2. The van der Waals surface area contributed by atoms with Crippen molar-refractivity contribution in [3.05, 3.63) is 59.7 Å². The van der Waals surface area contributed by atoms with Crippen molar-refractivity contribution < 1.29 is 33.4 Å². The molecule has 2 rings (SSSR count). The van der Waals surface area contributed by atoms with Crippen LogP contribution in [0.3, 0.4) is 0 Å². The second kappa shape index (κ2) is 9.25. The van der Waals surface area contributed by atoms with E-state index in [0.717, 1.165) is 0 Å². The smallest absolute Gasteiger partial charge is 0.337 e. The number of hydrogen-bond acceptors (Lipinski definition) is 7. The highest BCUT2D eigenvalue weighted by Crippen LogP contribution is 2.18. The lowest BCUT2D eigenvalue weighted by Gasteiger charge is -2.33. The van der Waals surface area contributed by atoms with Gasteiger partial charge in [-0.1, -0.05) is 0 Å². The Morgan fingerprint density at radius 2 is 1.00 bits per heavy atom. The van der Waals surface area contributed by atoms with Gasteiger partial charge in [-0.15, -0.1) is 0 Å². The van der Waals surface area contributed by atoms with Crippen LogP contribution in [0, 0.1) is 0 Å². The largest absolute Gasteiger partial charge is 0.508 e. The molecule has 0 saturated carbocycles. The Bertz CT molecular complexity index is 775. The van der Waals surface area contributed by atoms with E-state index in [2.05, 4.69) is 0 Å². The fourth-order valence-electron chi connectivity index (χ4n) is 2.65. The molecule has 0 bridgehead atoms. The third-order valence-corrected chi connectivity index (χ3v) is 9.96. The molecule has 0 atom stereocenters. The van der Waals surface area contributed by atoms with E-state index in [1.165, 1.54) is 48.5 Å². The molecule has 29 heavy (non-hydrogen) atoms. The molecule has 0 amide bonds. The lowest BCUT2D eigenvalue weighted by molar-refractivity contribution is 0.0549. The van der Waals surface area contributed by atoms with Gasteiger partial charge in [0.05, 0.1) is 11.1 Å². The van der Waals surface area contributed by atoms with Gasteiger partial charge < -0.3 is 23.8 Å². The minimum absolute atomic E-state index is 0.0780. The van der Waals surface area contributed by atoms with Crippen molar-refractivity contribution in [1.82, 2.24) is 0 Å². The number of ether oxygens (including phenoxy) is 2. The highest BCUT2D eigenvalue weighted by molar-refractivity contribution is 6.84. The van der Waals surface area contributed by atoms with Crippen LogP contribution in [0.4, 0.5) is 0 Å². The maximum absolute atomic E-state index is 12.2. The number of phenolic OH excluding ortho intramolecular Hbond substituents is 2. The molecule has 0 aromatic heterocycles. The topological polar surface area (TPSA) is 102 Å². The summed E-state index contributed by atoms with van der Waals surface area (Å²) in [4.78, 5) is 24.3. The first-order chi connectivity index (χ1) is 13.5. The van der Waals surface area contributed by atoms with Gasteiger partial charge in [0, 0.05) is 0 Å². The molecule has 2 aromatic rings. The van der Waals surface area contributed by atoms with Gasteiger partial charge in [0.25, 0.3) is 0 Å². The van der Waals surface area contributed by atoms with E-state index in [4.69, 9.17) is 13.6 Å². The quantitative estimate of drug-likeness (QED) is 0.483. The van der Waals surface area contributed by atoms with Crippen LogP contribution in [0.5, 0.6) is 11.5 Å². The van der Waals surface area contributed by atoms with Crippen molar-refractivity contribution in [2.24, 2.45) is 0 Å². The number of rotatable bonds is 8. The van der Waals surface area contributed by atoms with Crippen LogP contribution >= 0.6 is 0 Å². The van der Waals surface area contributed by atoms with Crippen LogP contribution < -0.4 is 0 Å². The first-order valence-corrected chi connectivity index (χ1v) is 15.3. The van der Waals surface area contributed by atoms with Gasteiger partial charge in [-0.2, -0.15) is 0 Å². The molecule has 0 radical (unpaired) electrons. The van der Waals surface area contributed by atoms with Crippen molar-refractivity contribution in [2.75, 3.05) is 12.5 Å². The number of aromatic hydroxyl groups is 2. The minimum atomic E-state index is -2.36. The third-order valence-electron chi connectivity index (χ3n) is 3.86. The van der Waals surface area contributed by atoms with Crippen LogP contribution in [-0.2, 0) is 13.6 Å². The molecule has 156 valence electrons. The highest BCUT2D eigenvalue weighted by atomic mass is 28.4. The van der Waals surface area contributed by atoms with Crippen LogP contribution in [0.2, 0.25) is 26.2 Å². The van der Waals surface area contributed by atoms with E-state index in [0.29, 0.717) is 11.1 Å². The Hall–Kier alpha value is -2.63. The fourth-order valence-corrected chi connectivity index (χ4v) is 10.1. The first kappa shape index (κ1) is 22.7. The van der Waals surface area contributed by atoms with Crippen LogP contribution in [-0.4, -0.2) is 51.2 Å². The lowest BCUT2D eigenvalue weighted by Crippen LogP contribution is -2.51. The standard InChI is InChI=1S/C20H26O7Si2/c1-28(2,13-25-19(23)15-5-9-17(21)10-6-15)27-29(3,4)14-26-20(24)16-7-11-18(22)12-8-16/h5-12,21-22H,13-14H2,1-4H3. The zero-order chi connectivity index (χ0) is 21.7. The molecule has 2 aromatic carbocycles. The molecular weight excluding hydrogens is 408 g/mol. The summed E-state index contributed by atoms with van der Waals surface area (Å²) in [5, 5.41) is 18.6. The Balaban J connectivity index is 1.86. The summed E-state index contributed by atoms with van der Waals surface area (Å²) in [5.41, 5.74) is 0.707. The molecule has 9 heteroatoms. The van der Waals surface area contributed by atoms with E-state index in [1.807, 2.05) is 26.2 Å². The van der Waals surface area contributed by atoms with Gasteiger partial charge in [0.1, 0.15) is 24.0 Å². The predicted octanol–water partition coefficient (Wildman–Crippen LogP) is 3.62. The predicted molar refractivity (Wildman–Crippen MR) is 113 cm³/mol. The number of carbonyl (C=O) groups is 2. The van der Waals surface area contributed by atoms with Crippen molar-refractivity contribution in [3.63, 3.8) is 0 Å². The maximum Gasteiger partial charge on any atom is 0.337 e. The molecule has 2 N–H and O–H groups in total. The molecule has 0 heterocycles. The summed E-state index contributed by atoms with van der Waals surface area (Å²) in [7, 11) is -4.72. The minimum Gasteiger partial charge on any atom is -0.508 e. The Kier molecular flexibility index (Phi) is 7.23. The molecule has 0 spiro atoms. The number of hydrogen-bond donors (Lipinski definition) is 2. The molecule has 0 aliphatic heterocycles. The van der Waals surface area contributed by atoms with Gasteiger partial charge in [-0.3, -0.25) is 0 Å². The number of esters is 2. The molecule has 7 nitrogen and oxygen atoms in total. The van der Waals surface area contributed by atoms with E-state index in [9.17, 15) is 19.8 Å². The molecule has 0 aliphatic carbocycles. The zero-order valence-electron chi connectivity index (χ0n) is 17.0. The van der Waals surface area contributed by atoms with Gasteiger partial charge in [0.15, 0.2) is 0 Å². The van der Waals surface area contributed by atoms with Crippen LogP contribution in [0.25, 0.3) is 0 Å². The van der Waals surface area contributed by atoms with Gasteiger partial charge in [-0.05, 0) is 74.7 Å². The van der Waals surface area contributed by atoms with E-state index < -0.39 is 28.6 Å². The molecule has 0 aliphatic rings. The van der Waals surface area contributed by atoms with E-state index in [-0.39, 0.29) is 24.0 Å². The van der Waals surface area contributed by atoms with Gasteiger partial charge in [-0.25, -0.2) is 9.59 Å². The Morgan fingerprint density at radius 3 is 1.31 bits per heavy atom. The first-order valence-electron chi connectivity index (χ1n) is 9.10. The molecule has 0 fully saturated rings. The third kappa shape index (κ3) is 7.37. The fraction of sp³-hybridized carbons (Fsp3) is 0.300. The summed E-state index contributed by atoms with van der Waals surface area (Å²) >= 11 is 0. The summed E-state index contributed by atoms with van der Waals surface area (Å²) in [6.07, 6.45) is 0.324. The molecular formula is C20H26O7Si2. The maximum atomic E-state index is 12.2. The average Bonchev–Trinajstić information content (AvgIpc) is 2.65. The summed E-state index contributed by atoms with van der Waals surface area (Å²) < 4.78 is 17.1. The van der Waals surface area contributed by atoms with E-state index >= 15 is 0 Å². The summed E-state index contributed by atoms with van der Waals surface area (Å²) in [6.45, 7) is 7.75. The van der Waals surface area contributed by atoms with E-state index in [1.54, 1.807) is 0 Å². The van der Waals surface area contributed by atoms with Crippen molar-refractivity contribution in [3.8, 4) is 11.5 Å². The van der Waals surface area contributed by atoms with Gasteiger partial charge >= 0.3 is 11.9 Å². The number of benzene rings is 2. The zero-order valence-corrected chi connectivity index (χ0v) is 19.0. The molecule has 0 unspecified atom stereocenters. The van der Waals surface area contributed by atoms with Crippen molar-refractivity contribution in [1.29, 1.82) is 0 Å². The highest BCUT2D eigenvalue weighted by Gasteiger charge is 2.35. The normalized spacial score (nSPS) is 11.7. The Morgan fingerprint density at radius 1 is 0.690 bits per heavy atom. The second-order valence-electron chi connectivity index (χ2n) is 7.87. The monoisotopic (exact) mass is 434 g/mol. The molecule has 0 saturated heterocycles. The van der Waals surface area contributed by atoms with Crippen LogP contribution in [0.1, 0.15) is 20.7 Å². The van der Waals surface area contributed by atoms with Crippen molar-refractivity contribution >= 4 is 28.6 Å². The van der Waals surface area contributed by atoms with Crippen LogP contribution in [0.15, 0.2) is 48.5 Å². The lowest BCUT2D eigenvalue weighted by atomic mass is 10.2. The Labute approximate surface area is 172 Å². The van der Waals surface area contributed by atoms with Gasteiger partial charge in [0.2, 0.25) is 16.6 Å². The SMILES string of the molecule is C[Si](C)(COC(=O)c1ccc(O)cc1)O[Si](C)(C)COC(=O)c1ccc(O)cc1. The van der Waals surface area contributed by atoms with Crippen molar-refractivity contribution in [2.45, 2.75) is 26.2 Å².